The number of hydrogen-bond acceptors (Lipinski definition) is 6. The van der Waals surface area contributed by atoms with Gasteiger partial charge in [0.2, 0.25) is 0 Å². The molecule has 6 heteroatoms. The number of carbonyl (C=O) groups is 1. The molecule has 4 aliphatic rings. The molecular weight excluding hydrogens is 378 g/mol. The van der Waals surface area contributed by atoms with Gasteiger partial charge < -0.3 is 15.0 Å². The molecular formula is C24H39N3O3. The number of fused-ring (bicyclic) bond motifs is 5. The second-order valence-corrected chi connectivity index (χ2v) is 10.5. The monoisotopic (exact) mass is 417 g/mol. The maximum Gasteiger partial charge on any atom is 0.139 e. The van der Waals surface area contributed by atoms with Crippen LogP contribution in [0.4, 0.5) is 0 Å². The van der Waals surface area contributed by atoms with Gasteiger partial charge in [0.1, 0.15) is 19.5 Å². The first kappa shape index (κ1) is 21.8. The van der Waals surface area contributed by atoms with E-state index in [2.05, 4.69) is 29.5 Å². The lowest BCUT2D eigenvalue weighted by molar-refractivity contribution is -0.133. The molecule has 0 aromatic carbocycles. The van der Waals surface area contributed by atoms with Crippen molar-refractivity contribution in [2.24, 2.45) is 44.8 Å². The van der Waals surface area contributed by atoms with Gasteiger partial charge in [-0.3, -0.25) is 4.79 Å². The molecule has 0 aromatic heterocycles. The van der Waals surface area contributed by atoms with Crippen LogP contribution in [0.3, 0.4) is 0 Å². The van der Waals surface area contributed by atoms with Crippen molar-refractivity contribution < 1.29 is 14.5 Å². The summed E-state index contributed by atoms with van der Waals surface area (Å²) in [5.41, 5.74) is 2.46. The maximum absolute atomic E-state index is 12.7. The molecule has 4 fully saturated rings. The molecule has 1 N–H and O–H groups in total. The first-order chi connectivity index (χ1) is 14.4. The topological polar surface area (TPSA) is 72.3 Å². The Labute approximate surface area is 181 Å². The van der Waals surface area contributed by atoms with Gasteiger partial charge in [-0.1, -0.05) is 24.2 Å². The van der Waals surface area contributed by atoms with Crippen molar-refractivity contribution in [3.63, 3.8) is 0 Å². The van der Waals surface area contributed by atoms with E-state index in [1.807, 2.05) is 7.05 Å². The normalized spacial score (nSPS) is 43.3. The van der Waals surface area contributed by atoms with Crippen molar-refractivity contribution in [1.82, 2.24) is 5.32 Å². The van der Waals surface area contributed by atoms with E-state index in [1.165, 1.54) is 17.8 Å². The maximum atomic E-state index is 12.7. The first-order valence-corrected chi connectivity index (χ1v) is 11.9. The summed E-state index contributed by atoms with van der Waals surface area (Å²) in [4.78, 5) is 23.6. The van der Waals surface area contributed by atoms with Crippen LogP contribution in [0.1, 0.15) is 71.6 Å². The molecule has 0 spiro atoms. The smallest absolute Gasteiger partial charge is 0.139 e. The van der Waals surface area contributed by atoms with Crippen molar-refractivity contribution in [2.45, 2.75) is 71.6 Å². The fourth-order valence-electron chi connectivity index (χ4n) is 7.40. The van der Waals surface area contributed by atoms with Gasteiger partial charge in [0.15, 0.2) is 0 Å². The third kappa shape index (κ3) is 3.59. The van der Waals surface area contributed by atoms with Gasteiger partial charge in [0.25, 0.3) is 0 Å². The number of oxime groups is 2. The van der Waals surface area contributed by atoms with Crippen LogP contribution in [0, 0.1) is 34.5 Å². The average Bonchev–Trinajstić information content (AvgIpc) is 3.03. The molecule has 4 saturated carbocycles. The molecule has 30 heavy (non-hydrogen) atoms. The third-order valence-electron chi connectivity index (χ3n) is 9.09. The number of Topliss-reactive ketones (excluding diaryl/α,β-unsaturated/α-hetero) is 1. The number of nitrogens with zero attached hydrogens (tertiary/aromatic N) is 2. The van der Waals surface area contributed by atoms with Crippen LogP contribution in [0.2, 0.25) is 0 Å². The average molecular weight is 418 g/mol. The van der Waals surface area contributed by atoms with E-state index < -0.39 is 0 Å². The summed E-state index contributed by atoms with van der Waals surface area (Å²) in [6, 6.07) is 0. The summed E-state index contributed by atoms with van der Waals surface area (Å²) in [6.07, 6.45) is 9.05. The molecule has 0 heterocycles. The van der Waals surface area contributed by atoms with Gasteiger partial charge in [-0.05, 0) is 88.1 Å². The van der Waals surface area contributed by atoms with Gasteiger partial charge >= 0.3 is 0 Å². The van der Waals surface area contributed by atoms with Gasteiger partial charge in [-0.15, -0.1) is 0 Å². The molecule has 6 nitrogen and oxygen atoms in total. The van der Waals surface area contributed by atoms with Gasteiger partial charge in [0.05, 0.1) is 11.4 Å². The minimum Gasteiger partial charge on any atom is -0.399 e. The number of rotatable bonds is 6. The summed E-state index contributed by atoms with van der Waals surface area (Å²) >= 11 is 0. The molecule has 0 bridgehead atoms. The predicted molar refractivity (Wildman–Crippen MR) is 118 cm³/mol. The zero-order chi connectivity index (χ0) is 21.4. The van der Waals surface area contributed by atoms with Gasteiger partial charge in [0, 0.05) is 17.8 Å². The Morgan fingerprint density at radius 3 is 2.70 bits per heavy atom. The van der Waals surface area contributed by atoms with Crippen molar-refractivity contribution in [1.29, 1.82) is 0 Å². The Morgan fingerprint density at radius 1 is 1.10 bits per heavy atom. The van der Waals surface area contributed by atoms with Crippen LogP contribution >= 0.6 is 0 Å². The van der Waals surface area contributed by atoms with Crippen LogP contribution in [0.25, 0.3) is 0 Å². The SMILES string of the molecule is CNCCCO/N=C1\CC[C@@]2(C)[C@H](C1)/C(=N/OC)C[C@@H]1[C@@H]2CC[C@]2(C)C(=O)CC[C@@H]12. The zero-order valence-electron chi connectivity index (χ0n) is 19.2. The van der Waals surface area contributed by atoms with Crippen molar-refractivity contribution in [2.75, 3.05) is 27.3 Å². The molecule has 0 aromatic rings. The van der Waals surface area contributed by atoms with Crippen molar-refractivity contribution >= 4 is 17.2 Å². The molecule has 0 unspecified atom stereocenters. The van der Waals surface area contributed by atoms with Crippen molar-refractivity contribution in [3.8, 4) is 0 Å². The minimum atomic E-state index is -0.106. The van der Waals surface area contributed by atoms with Crippen LogP contribution < -0.4 is 5.32 Å². The standard InChI is InChI=1S/C24H39N3O3/c1-23-10-8-16(26-30-13-5-12-25-3)14-20(23)21(27-29-4)15-17-18-6-7-22(28)24(18,2)11-9-19(17)23/h17-20,25H,5-15H2,1-4H3/b26-16+,27-21+/t17-,18-,19-,20+,23+,24-/m0/s1. The fraction of sp³-hybridized carbons (Fsp3) is 0.875. The fourth-order valence-corrected chi connectivity index (χ4v) is 7.40. The quantitative estimate of drug-likeness (QED) is 0.519. The van der Waals surface area contributed by atoms with E-state index in [9.17, 15) is 4.79 Å². The molecule has 0 radical (unpaired) electrons. The van der Waals surface area contributed by atoms with Gasteiger partial charge in [-0.2, -0.15) is 0 Å². The summed E-state index contributed by atoms with van der Waals surface area (Å²) in [5.74, 6) is 2.60. The van der Waals surface area contributed by atoms with E-state index >= 15 is 0 Å². The second-order valence-electron chi connectivity index (χ2n) is 10.5. The molecule has 168 valence electrons. The molecule has 0 saturated heterocycles. The molecule has 4 aliphatic carbocycles. The van der Waals surface area contributed by atoms with E-state index in [0.717, 1.165) is 57.9 Å². The molecule has 0 amide bonds. The third-order valence-corrected chi connectivity index (χ3v) is 9.09. The Hall–Kier alpha value is -1.43. The lowest BCUT2D eigenvalue weighted by atomic mass is 9.45. The highest BCUT2D eigenvalue weighted by atomic mass is 16.6. The van der Waals surface area contributed by atoms with Crippen molar-refractivity contribution in [3.05, 3.63) is 0 Å². The van der Waals surface area contributed by atoms with Crippen LogP contribution in [-0.4, -0.2) is 44.5 Å². The number of carbonyl (C=O) groups excluding carboxylic acids is 1. The molecule has 6 atom stereocenters. The van der Waals surface area contributed by atoms with E-state index in [1.54, 1.807) is 7.11 Å². The Balaban J connectivity index is 1.54. The number of nitrogens with one attached hydrogen (secondary N) is 1. The highest BCUT2D eigenvalue weighted by molar-refractivity contribution is 5.96. The Bertz CT molecular complexity index is 720. The summed E-state index contributed by atoms with van der Waals surface area (Å²) < 4.78 is 0. The summed E-state index contributed by atoms with van der Waals surface area (Å²) in [5, 5.41) is 12.2. The van der Waals surface area contributed by atoms with E-state index in [0.29, 0.717) is 36.1 Å². The van der Waals surface area contributed by atoms with Crippen LogP contribution in [0.5, 0.6) is 0 Å². The highest BCUT2D eigenvalue weighted by Crippen LogP contribution is 2.64. The lowest BCUT2D eigenvalue weighted by Crippen LogP contribution is -2.56. The number of hydrogen-bond donors (Lipinski definition) is 1. The first-order valence-electron chi connectivity index (χ1n) is 11.9. The Morgan fingerprint density at radius 2 is 1.93 bits per heavy atom. The van der Waals surface area contributed by atoms with Gasteiger partial charge in [-0.25, -0.2) is 0 Å². The second kappa shape index (κ2) is 8.60. The summed E-state index contributed by atoms with van der Waals surface area (Å²) in [6.45, 7) is 6.32. The van der Waals surface area contributed by atoms with Crippen LogP contribution in [0.15, 0.2) is 10.3 Å². The van der Waals surface area contributed by atoms with Crippen LogP contribution in [-0.2, 0) is 14.5 Å². The lowest BCUT2D eigenvalue weighted by Gasteiger charge is -2.59. The largest absolute Gasteiger partial charge is 0.399 e. The van der Waals surface area contributed by atoms with E-state index in [-0.39, 0.29) is 10.8 Å². The minimum absolute atomic E-state index is 0.106. The zero-order valence-corrected chi connectivity index (χ0v) is 19.2. The Kier molecular flexibility index (Phi) is 6.25. The van der Waals surface area contributed by atoms with E-state index in [4.69, 9.17) is 9.68 Å². The predicted octanol–water partition coefficient (Wildman–Crippen LogP) is 4.19. The molecule has 4 rings (SSSR count). The number of ketones is 1. The highest BCUT2D eigenvalue weighted by Gasteiger charge is 2.61. The molecule has 0 aliphatic heterocycles. The summed E-state index contributed by atoms with van der Waals surface area (Å²) in [7, 11) is 3.61.